The molecule has 1 unspecified atom stereocenters. The lowest BCUT2D eigenvalue weighted by Gasteiger charge is -2.35. The minimum Gasteiger partial charge on any atom is -0.435 e. The van der Waals surface area contributed by atoms with Gasteiger partial charge in [-0.05, 0) is 83.6 Å². The van der Waals surface area contributed by atoms with Crippen molar-refractivity contribution in [1.82, 2.24) is 9.55 Å². The number of anilines is 2. The van der Waals surface area contributed by atoms with Crippen molar-refractivity contribution >= 4 is 50.2 Å². The van der Waals surface area contributed by atoms with E-state index in [0.29, 0.717) is 5.89 Å². The Morgan fingerprint density at radius 1 is 0.608 bits per heavy atom. The van der Waals surface area contributed by atoms with Gasteiger partial charge < -0.3 is 13.9 Å². The van der Waals surface area contributed by atoms with E-state index >= 15 is 0 Å². The average molecular weight is 656 g/mol. The smallest absolute Gasteiger partial charge is 0.227 e. The van der Waals surface area contributed by atoms with Crippen molar-refractivity contribution in [3.8, 4) is 28.3 Å². The standard InChI is InChI=1S/C47H33N3O/c1-3-13-32(14-4-1)38-18-9-11-21-43(38)49(36-26-23-34(24-27-36)47-48-42-29-25-33-15-7-8-19-39(33)46(42)51-47)37-28-30-45-41(31-37)40-20-10-12-22-44(40)50(45)35-16-5-2-6-17-35/h1-30,37H,31H2. The number of fused-ring (bicyclic) bond motifs is 6. The molecule has 0 spiro atoms. The SMILES string of the molecule is C1=CC(N(c2ccc(-c3nc4ccc5ccccc5c4o3)cc2)c2ccccc2-c2ccccc2)Cc2c1n(-c1ccccc1)c1ccccc21. The molecule has 2 heterocycles. The van der Waals surface area contributed by atoms with Crippen LogP contribution in [-0.4, -0.2) is 15.6 Å². The third kappa shape index (κ3) is 4.95. The van der Waals surface area contributed by atoms with Gasteiger partial charge in [0.25, 0.3) is 0 Å². The summed E-state index contributed by atoms with van der Waals surface area (Å²) in [7, 11) is 0. The van der Waals surface area contributed by atoms with Crippen LogP contribution < -0.4 is 4.90 Å². The van der Waals surface area contributed by atoms with Gasteiger partial charge in [-0.3, -0.25) is 0 Å². The van der Waals surface area contributed by atoms with E-state index in [1.807, 2.05) is 12.1 Å². The van der Waals surface area contributed by atoms with E-state index in [1.165, 1.54) is 39.0 Å². The number of para-hydroxylation sites is 3. The van der Waals surface area contributed by atoms with Gasteiger partial charge in [-0.1, -0.05) is 121 Å². The van der Waals surface area contributed by atoms with Gasteiger partial charge in [-0.25, -0.2) is 4.98 Å². The quantitative estimate of drug-likeness (QED) is 0.179. The molecule has 0 amide bonds. The van der Waals surface area contributed by atoms with Crippen LogP contribution in [0.25, 0.3) is 67.1 Å². The van der Waals surface area contributed by atoms with Crippen molar-refractivity contribution in [3.63, 3.8) is 0 Å². The second-order valence-corrected chi connectivity index (χ2v) is 13.1. The van der Waals surface area contributed by atoms with Crippen molar-refractivity contribution in [3.05, 3.63) is 187 Å². The molecule has 0 saturated carbocycles. The first-order valence-corrected chi connectivity index (χ1v) is 17.5. The van der Waals surface area contributed by atoms with Crippen LogP contribution in [0.15, 0.2) is 180 Å². The Morgan fingerprint density at radius 3 is 2.16 bits per heavy atom. The maximum absolute atomic E-state index is 6.43. The molecule has 9 aromatic rings. The molecule has 7 aromatic carbocycles. The molecular weight excluding hydrogens is 623 g/mol. The zero-order chi connectivity index (χ0) is 33.7. The van der Waals surface area contributed by atoms with Gasteiger partial charge in [0.2, 0.25) is 5.89 Å². The lowest BCUT2D eigenvalue weighted by molar-refractivity contribution is 0.623. The molecule has 10 rings (SSSR count). The molecule has 0 bridgehead atoms. The average Bonchev–Trinajstić information content (AvgIpc) is 3.79. The van der Waals surface area contributed by atoms with Gasteiger partial charge in [-0.2, -0.15) is 0 Å². The highest BCUT2D eigenvalue weighted by molar-refractivity contribution is 6.03. The molecule has 0 fully saturated rings. The summed E-state index contributed by atoms with van der Waals surface area (Å²) in [5, 5.41) is 3.51. The van der Waals surface area contributed by atoms with E-state index in [2.05, 4.69) is 179 Å². The highest BCUT2D eigenvalue weighted by Gasteiger charge is 2.29. The summed E-state index contributed by atoms with van der Waals surface area (Å²) in [6.07, 6.45) is 5.56. The molecule has 2 aromatic heterocycles. The maximum atomic E-state index is 6.43. The number of hydrogen-bond acceptors (Lipinski definition) is 3. The van der Waals surface area contributed by atoms with E-state index in [0.717, 1.165) is 45.2 Å². The van der Waals surface area contributed by atoms with Gasteiger partial charge in [-0.15, -0.1) is 0 Å². The molecule has 0 aliphatic heterocycles. The van der Waals surface area contributed by atoms with Crippen LogP contribution in [0.3, 0.4) is 0 Å². The third-order valence-corrected chi connectivity index (χ3v) is 10.2. The van der Waals surface area contributed by atoms with Gasteiger partial charge in [0.15, 0.2) is 5.58 Å². The zero-order valence-corrected chi connectivity index (χ0v) is 27.9. The summed E-state index contributed by atoms with van der Waals surface area (Å²) in [5.74, 6) is 0.625. The summed E-state index contributed by atoms with van der Waals surface area (Å²) >= 11 is 0. The zero-order valence-electron chi connectivity index (χ0n) is 27.9. The Balaban J connectivity index is 1.10. The molecule has 1 aliphatic rings. The molecule has 0 N–H and O–H groups in total. The Bertz CT molecular complexity index is 2720. The molecule has 1 atom stereocenters. The van der Waals surface area contributed by atoms with Crippen molar-refractivity contribution in [1.29, 1.82) is 0 Å². The molecule has 51 heavy (non-hydrogen) atoms. The van der Waals surface area contributed by atoms with Crippen molar-refractivity contribution in [2.45, 2.75) is 12.5 Å². The van der Waals surface area contributed by atoms with E-state index in [-0.39, 0.29) is 6.04 Å². The van der Waals surface area contributed by atoms with E-state index in [4.69, 9.17) is 9.40 Å². The lowest BCUT2D eigenvalue weighted by atomic mass is 9.93. The topological polar surface area (TPSA) is 34.2 Å². The highest BCUT2D eigenvalue weighted by Crippen LogP contribution is 2.42. The predicted octanol–water partition coefficient (Wildman–Crippen LogP) is 12.0. The van der Waals surface area contributed by atoms with Crippen LogP contribution in [0.5, 0.6) is 0 Å². The third-order valence-electron chi connectivity index (χ3n) is 10.2. The summed E-state index contributed by atoms with van der Waals surface area (Å²) in [6, 6.07) is 60.1. The van der Waals surface area contributed by atoms with E-state index in [1.54, 1.807) is 0 Å². The Morgan fingerprint density at radius 2 is 1.31 bits per heavy atom. The number of benzene rings is 7. The molecule has 4 nitrogen and oxygen atoms in total. The Hall–Kier alpha value is -6.65. The molecule has 4 heteroatoms. The first kappa shape index (κ1) is 29.3. The number of hydrogen-bond donors (Lipinski definition) is 0. The predicted molar refractivity (Wildman–Crippen MR) is 211 cm³/mol. The maximum Gasteiger partial charge on any atom is 0.227 e. The summed E-state index contributed by atoms with van der Waals surface area (Å²) in [4.78, 5) is 7.40. The van der Waals surface area contributed by atoms with Crippen LogP contribution in [0.4, 0.5) is 11.4 Å². The fourth-order valence-corrected chi connectivity index (χ4v) is 7.83. The van der Waals surface area contributed by atoms with Crippen LogP contribution in [0, 0.1) is 0 Å². The fraction of sp³-hybridized carbons (Fsp3) is 0.0426. The minimum atomic E-state index is 0.0685. The van der Waals surface area contributed by atoms with Crippen LogP contribution >= 0.6 is 0 Å². The molecule has 0 saturated heterocycles. The molecular formula is C47H33N3O. The van der Waals surface area contributed by atoms with Crippen molar-refractivity contribution in [2.24, 2.45) is 0 Å². The Labute approximate surface area is 296 Å². The molecule has 0 radical (unpaired) electrons. The Kier molecular flexibility index (Phi) is 6.91. The monoisotopic (exact) mass is 655 g/mol. The minimum absolute atomic E-state index is 0.0685. The number of nitrogens with zero attached hydrogens (tertiary/aromatic N) is 3. The molecule has 242 valence electrons. The first-order chi connectivity index (χ1) is 25.3. The number of oxazole rings is 1. The van der Waals surface area contributed by atoms with Gasteiger partial charge in [0.1, 0.15) is 5.52 Å². The van der Waals surface area contributed by atoms with E-state index < -0.39 is 0 Å². The largest absolute Gasteiger partial charge is 0.435 e. The number of aromatic nitrogens is 2. The summed E-state index contributed by atoms with van der Waals surface area (Å²) < 4.78 is 8.83. The highest BCUT2D eigenvalue weighted by atomic mass is 16.3. The first-order valence-electron chi connectivity index (χ1n) is 17.5. The number of rotatable bonds is 6. The lowest BCUT2D eigenvalue weighted by Crippen LogP contribution is -2.33. The van der Waals surface area contributed by atoms with Crippen LogP contribution in [0.2, 0.25) is 0 Å². The second-order valence-electron chi connectivity index (χ2n) is 13.1. The second kappa shape index (κ2) is 12.0. The van der Waals surface area contributed by atoms with Crippen LogP contribution in [0.1, 0.15) is 11.3 Å². The van der Waals surface area contributed by atoms with Crippen molar-refractivity contribution < 1.29 is 4.42 Å². The van der Waals surface area contributed by atoms with Gasteiger partial charge in [0, 0.05) is 44.7 Å². The summed E-state index contributed by atoms with van der Waals surface area (Å²) in [5.41, 5.74) is 12.3. The normalized spacial score (nSPS) is 13.9. The fourth-order valence-electron chi connectivity index (χ4n) is 7.83. The molecule has 1 aliphatic carbocycles. The van der Waals surface area contributed by atoms with Gasteiger partial charge in [0.05, 0.1) is 11.6 Å². The summed E-state index contributed by atoms with van der Waals surface area (Å²) in [6.45, 7) is 0. The van der Waals surface area contributed by atoms with Gasteiger partial charge >= 0.3 is 0 Å². The van der Waals surface area contributed by atoms with E-state index in [9.17, 15) is 0 Å². The van der Waals surface area contributed by atoms with Crippen LogP contribution in [-0.2, 0) is 6.42 Å². The van der Waals surface area contributed by atoms with Crippen molar-refractivity contribution in [2.75, 3.05) is 4.90 Å².